The van der Waals surface area contributed by atoms with Gasteiger partial charge in [0.15, 0.2) is 0 Å². The van der Waals surface area contributed by atoms with Crippen molar-refractivity contribution in [3.05, 3.63) is 59.2 Å². The van der Waals surface area contributed by atoms with Crippen molar-refractivity contribution < 1.29 is 0 Å². The van der Waals surface area contributed by atoms with Crippen LogP contribution < -0.4 is 0 Å². The highest BCUT2D eigenvalue weighted by Crippen LogP contribution is 2.30. The fraction of sp³-hybridized carbons (Fsp3) is 0.368. The SMILES string of the molecule is Cc1ccccc1-c1cc(C(C)C)cc(C(C)C)c1. The van der Waals surface area contributed by atoms with Crippen molar-refractivity contribution in [2.45, 2.75) is 46.5 Å². The maximum Gasteiger partial charge on any atom is -0.0155 e. The van der Waals surface area contributed by atoms with E-state index >= 15 is 0 Å². The third-order valence-electron chi connectivity index (χ3n) is 3.77. The Labute approximate surface area is 117 Å². The Morgan fingerprint density at radius 1 is 0.737 bits per heavy atom. The van der Waals surface area contributed by atoms with Gasteiger partial charge in [0.1, 0.15) is 0 Å². The molecule has 0 N–H and O–H groups in total. The third-order valence-corrected chi connectivity index (χ3v) is 3.77. The van der Waals surface area contributed by atoms with Crippen LogP contribution in [-0.2, 0) is 0 Å². The summed E-state index contributed by atoms with van der Waals surface area (Å²) in [4.78, 5) is 0. The van der Waals surface area contributed by atoms with Gasteiger partial charge in [-0.2, -0.15) is 0 Å². The first kappa shape index (κ1) is 13.9. The minimum absolute atomic E-state index is 0.571. The molecule has 0 aliphatic heterocycles. The summed E-state index contributed by atoms with van der Waals surface area (Å²) in [7, 11) is 0. The van der Waals surface area contributed by atoms with Crippen molar-refractivity contribution in [1.82, 2.24) is 0 Å². The maximum absolute atomic E-state index is 2.36. The van der Waals surface area contributed by atoms with E-state index in [-0.39, 0.29) is 0 Å². The Hall–Kier alpha value is -1.56. The van der Waals surface area contributed by atoms with Crippen molar-refractivity contribution in [2.75, 3.05) is 0 Å². The second-order valence-corrected chi connectivity index (χ2v) is 6.01. The van der Waals surface area contributed by atoms with Gasteiger partial charge in [0.05, 0.1) is 0 Å². The Bertz CT molecular complexity index is 536. The first-order valence-corrected chi connectivity index (χ1v) is 7.20. The van der Waals surface area contributed by atoms with E-state index in [1.807, 2.05) is 0 Å². The fourth-order valence-corrected chi connectivity index (χ4v) is 2.40. The van der Waals surface area contributed by atoms with Gasteiger partial charge in [0.2, 0.25) is 0 Å². The molecule has 19 heavy (non-hydrogen) atoms. The molecule has 0 saturated carbocycles. The summed E-state index contributed by atoms with van der Waals surface area (Å²) < 4.78 is 0. The summed E-state index contributed by atoms with van der Waals surface area (Å²) in [6, 6.07) is 15.7. The van der Waals surface area contributed by atoms with Gasteiger partial charge in [-0.25, -0.2) is 0 Å². The Kier molecular flexibility index (Phi) is 4.09. The molecule has 2 rings (SSSR count). The van der Waals surface area contributed by atoms with Gasteiger partial charge in [-0.1, -0.05) is 70.2 Å². The molecule has 2 aromatic rings. The zero-order valence-corrected chi connectivity index (χ0v) is 12.7. The molecule has 0 bridgehead atoms. The first-order valence-electron chi connectivity index (χ1n) is 7.20. The third kappa shape index (κ3) is 3.07. The number of hydrogen-bond acceptors (Lipinski definition) is 0. The summed E-state index contributed by atoms with van der Waals surface area (Å²) in [6.07, 6.45) is 0. The Balaban J connectivity index is 2.60. The van der Waals surface area contributed by atoms with Gasteiger partial charge in [0, 0.05) is 0 Å². The smallest absolute Gasteiger partial charge is 0.0155 e. The van der Waals surface area contributed by atoms with Crippen LogP contribution in [0.5, 0.6) is 0 Å². The predicted octanol–water partition coefficient (Wildman–Crippen LogP) is 5.91. The average Bonchev–Trinajstić information content (AvgIpc) is 2.38. The second-order valence-electron chi connectivity index (χ2n) is 6.01. The Morgan fingerprint density at radius 3 is 1.74 bits per heavy atom. The minimum atomic E-state index is 0.571. The lowest BCUT2D eigenvalue weighted by molar-refractivity contribution is 0.834. The lowest BCUT2D eigenvalue weighted by Crippen LogP contribution is -1.95. The van der Waals surface area contributed by atoms with Gasteiger partial charge >= 0.3 is 0 Å². The molecule has 0 heteroatoms. The molecule has 0 spiro atoms. The lowest BCUT2D eigenvalue weighted by atomic mass is 9.90. The molecular weight excluding hydrogens is 228 g/mol. The molecule has 0 heterocycles. The largest absolute Gasteiger partial charge is 0.0620 e. The molecule has 0 saturated heterocycles. The highest BCUT2D eigenvalue weighted by Gasteiger charge is 2.09. The summed E-state index contributed by atoms with van der Waals surface area (Å²) >= 11 is 0. The number of hydrogen-bond donors (Lipinski definition) is 0. The second kappa shape index (κ2) is 5.61. The van der Waals surface area contributed by atoms with E-state index in [2.05, 4.69) is 77.1 Å². The van der Waals surface area contributed by atoms with E-state index in [1.54, 1.807) is 0 Å². The number of benzene rings is 2. The van der Waals surface area contributed by atoms with E-state index in [4.69, 9.17) is 0 Å². The molecule has 0 nitrogen and oxygen atoms in total. The molecular formula is C19H24. The molecule has 0 aliphatic rings. The molecule has 0 aromatic heterocycles. The highest BCUT2D eigenvalue weighted by atomic mass is 14.1. The van der Waals surface area contributed by atoms with Gasteiger partial charge in [-0.05, 0) is 46.6 Å². The quantitative estimate of drug-likeness (QED) is 0.637. The topological polar surface area (TPSA) is 0 Å². The molecule has 0 radical (unpaired) electrons. The minimum Gasteiger partial charge on any atom is -0.0620 e. The van der Waals surface area contributed by atoms with Crippen LogP contribution >= 0.6 is 0 Å². The summed E-state index contributed by atoms with van der Waals surface area (Å²) in [5.41, 5.74) is 6.92. The molecule has 0 atom stereocenters. The van der Waals surface area contributed by atoms with Crippen molar-refractivity contribution in [2.24, 2.45) is 0 Å². The molecule has 0 aliphatic carbocycles. The van der Waals surface area contributed by atoms with E-state index in [0.29, 0.717) is 11.8 Å². The van der Waals surface area contributed by atoms with E-state index < -0.39 is 0 Å². The van der Waals surface area contributed by atoms with Crippen LogP contribution in [-0.4, -0.2) is 0 Å². The maximum atomic E-state index is 2.36. The summed E-state index contributed by atoms with van der Waals surface area (Å²) in [5.74, 6) is 1.14. The van der Waals surface area contributed by atoms with Crippen LogP contribution in [0.4, 0.5) is 0 Å². The average molecular weight is 252 g/mol. The Morgan fingerprint density at radius 2 is 1.26 bits per heavy atom. The van der Waals surface area contributed by atoms with Crippen LogP contribution in [0.2, 0.25) is 0 Å². The number of aryl methyl sites for hydroxylation is 1. The van der Waals surface area contributed by atoms with Gasteiger partial charge in [-0.3, -0.25) is 0 Å². The molecule has 2 aromatic carbocycles. The van der Waals surface area contributed by atoms with Crippen molar-refractivity contribution in [1.29, 1.82) is 0 Å². The molecule has 0 amide bonds. The van der Waals surface area contributed by atoms with Crippen LogP contribution in [0.15, 0.2) is 42.5 Å². The van der Waals surface area contributed by atoms with Crippen molar-refractivity contribution >= 4 is 0 Å². The highest BCUT2D eigenvalue weighted by molar-refractivity contribution is 5.69. The molecule has 0 fully saturated rings. The fourth-order valence-electron chi connectivity index (χ4n) is 2.40. The normalized spacial score (nSPS) is 11.3. The molecule has 0 unspecified atom stereocenters. The summed E-state index contributed by atoms with van der Waals surface area (Å²) in [5, 5.41) is 0. The first-order chi connectivity index (χ1) is 8.99. The zero-order chi connectivity index (χ0) is 14.0. The predicted molar refractivity (Wildman–Crippen MR) is 84.8 cm³/mol. The van der Waals surface area contributed by atoms with Gasteiger partial charge in [0.25, 0.3) is 0 Å². The van der Waals surface area contributed by atoms with Crippen molar-refractivity contribution in [3.63, 3.8) is 0 Å². The van der Waals surface area contributed by atoms with Crippen LogP contribution in [0.3, 0.4) is 0 Å². The van der Waals surface area contributed by atoms with Gasteiger partial charge < -0.3 is 0 Å². The van der Waals surface area contributed by atoms with E-state index in [9.17, 15) is 0 Å². The zero-order valence-electron chi connectivity index (χ0n) is 12.7. The van der Waals surface area contributed by atoms with E-state index in [1.165, 1.54) is 27.8 Å². The van der Waals surface area contributed by atoms with E-state index in [0.717, 1.165) is 0 Å². The number of rotatable bonds is 3. The van der Waals surface area contributed by atoms with Gasteiger partial charge in [-0.15, -0.1) is 0 Å². The lowest BCUT2D eigenvalue weighted by Gasteiger charge is -2.15. The monoisotopic (exact) mass is 252 g/mol. The van der Waals surface area contributed by atoms with Crippen LogP contribution in [0, 0.1) is 6.92 Å². The van der Waals surface area contributed by atoms with Crippen LogP contribution in [0.1, 0.15) is 56.2 Å². The van der Waals surface area contributed by atoms with Crippen LogP contribution in [0.25, 0.3) is 11.1 Å². The van der Waals surface area contributed by atoms with Crippen molar-refractivity contribution in [3.8, 4) is 11.1 Å². The standard InChI is InChI=1S/C19H24/c1-13(2)16-10-17(14(3)4)12-18(11-16)19-9-7-6-8-15(19)5/h6-14H,1-5H3. The summed E-state index contributed by atoms with van der Waals surface area (Å²) in [6.45, 7) is 11.2. The molecule has 100 valence electrons.